The van der Waals surface area contributed by atoms with Gasteiger partial charge in [-0.3, -0.25) is 4.90 Å². The number of carboxylic acids is 3. The molecule has 0 saturated heterocycles. The standard InChI is InChI=1S/C30H24N2O8/c33-27(34)23-15-25(29(37)38)26(16-24(23)28(35)36)32(18-20-7-3-1-4-8-20)30(39)31-17-19-11-13-22(14-12-19)40-21-9-5-2-6-10-21/h1-16H,17-18H2,(H,31,39)(H,33,34)(H,35,36)(H,37,38). The Bertz CT molecular complexity index is 1540. The number of carbonyl (C=O) groups is 4. The van der Waals surface area contributed by atoms with Gasteiger partial charge in [-0.25, -0.2) is 19.2 Å². The van der Waals surface area contributed by atoms with Crippen LogP contribution in [-0.2, 0) is 13.1 Å². The van der Waals surface area contributed by atoms with Crippen molar-refractivity contribution in [2.24, 2.45) is 0 Å². The molecular formula is C30H24N2O8. The van der Waals surface area contributed by atoms with Gasteiger partial charge in [0.05, 0.1) is 28.9 Å². The minimum absolute atomic E-state index is 0.0666. The molecule has 0 heterocycles. The van der Waals surface area contributed by atoms with E-state index >= 15 is 0 Å². The van der Waals surface area contributed by atoms with Gasteiger partial charge in [-0.1, -0.05) is 60.7 Å². The Morgan fingerprint density at radius 3 is 1.73 bits per heavy atom. The number of amides is 2. The monoisotopic (exact) mass is 540 g/mol. The molecule has 202 valence electrons. The number of ether oxygens (including phenoxy) is 1. The number of carbonyl (C=O) groups excluding carboxylic acids is 1. The number of hydrogen-bond donors (Lipinski definition) is 4. The number of anilines is 1. The van der Waals surface area contributed by atoms with E-state index < -0.39 is 40.6 Å². The lowest BCUT2D eigenvalue weighted by molar-refractivity contribution is 0.0649. The molecule has 0 aliphatic carbocycles. The first-order valence-corrected chi connectivity index (χ1v) is 12.0. The average Bonchev–Trinajstić information content (AvgIpc) is 2.95. The van der Waals surface area contributed by atoms with Crippen LogP contribution >= 0.6 is 0 Å². The summed E-state index contributed by atoms with van der Waals surface area (Å²) in [5.41, 5.74) is -0.785. The zero-order chi connectivity index (χ0) is 28.6. The molecule has 0 atom stereocenters. The summed E-state index contributed by atoms with van der Waals surface area (Å²) >= 11 is 0. The summed E-state index contributed by atoms with van der Waals surface area (Å²) in [4.78, 5) is 50.1. The van der Waals surface area contributed by atoms with Gasteiger partial charge < -0.3 is 25.4 Å². The Hall–Kier alpha value is -5.64. The van der Waals surface area contributed by atoms with Crippen molar-refractivity contribution in [2.45, 2.75) is 13.1 Å². The molecular weight excluding hydrogens is 516 g/mol. The molecule has 4 aromatic rings. The molecule has 40 heavy (non-hydrogen) atoms. The Morgan fingerprint density at radius 1 is 0.625 bits per heavy atom. The molecule has 0 fully saturated rings. The average molecular weight is 541 g/mol. The molecule has 0 aliphatic rings. The second-order valence-corrected chi connectivity index (χ2v) is 8.62. The number of carboxylic acid groups (broad SMARTS) is 3. The summed E-state index contributed by atoms with van der Waals surface area (Å²) in [6.45, 7) is -0.0422. The van der Waals surface area contributed by atoms with Gasteiger partial charge in [0.1, 0.15) is 11.5 Å². The summed E-state index contributed by atoms with van der Waals surface area (Å²) < 4.78 is 5.77. The van der Waals surface area contributed by atoms with E-state index in [9.17, 15) is 34.5 Å². The lowest BCUT2D eigenvalue weighted by atomic mass is 10.0. The van der Waals surface area contributed by atoms with Crippen molar-refractivity contribution in [2.75, 3.05) is 4.90 Å². The predicted octanol–water partition coefficient (Wildman–Crippen LogP) is 5.49. The van der Waals surface area contributed by atoms with Crippen LogP contribution in [0.2, 0.25) is 0 Å². The number of benzene rings is 4. The quantitative estimate of drug-likeness (QED) is 0.206. The molecule has 0 bridgehead atoms. The van der Waals surface area contributed by atoms with Crippen LogP contribution in [0.4, 0.5) is 10.5 Å². The van der Waals surface area contributed by atoms with Crippen LogP contribution < -0.4 is 15.0 Å². The molecule has 10 nitrogen and oxygen atoms in total. The molecule has 0 aliphatic heterocycles. The number of para-hydroxylation sites is 1. The highest BCUT2D eigenvalue weighted by Gasteiger charge is 2.28. The maximum atomic E-state index is 13.4. The van der Waals surface area contributed by atoms with Gasteiger partial charge in [0.25, 0.3) is 0 Å². The highest BCUT2D eigenvalue weighted by Crippen LogP contribution is 2.28. The number of hydrogen-bond acceptors (Lipinski definition) is 5. The van der Waals surface area contributed by atoms with Crippen molar-refractivity contribution in [3.63, 3.8) is 0 Å². The van der Waals surface area contributed by atoms with Crippen molar-refractivity contribution < 1.29 is 39.2 Å². The summed E-state index contributed by atoms with van der Waals surface area (Å²) in [6.07, 6.45) is 0. The van der Waals surface area contributed by atoms with Gasteiger partial charge in [0.15, 0.2) is 0 Å². The minimum Gasteiger partial charge on any atom is -0.478 e. The van der Waals surface area contributed by atoms with E-state index in [1.807, 2.05) is 30.3 Å². The zero-order valence-corrected chi connectivity index (χ0v) is 21.0. The summed E-state index contributed by atoms with van der Waals surface area (Å²) in [7, 11) is 0. The first-order chi connectivity index (χ1) is 19.2. The number of urea groups is 1. The fourth-order valence-corrected chi connectivity index (χ4v) is 3.94. The first-order valence-electron chi connectivity index (χ1n) is 12.0. The Balaban J connectivity index is 1.62. The van der Waals surface area contributed by atoms with Gasteiger partial charge in [0.2, 0.25) is 0 Å². The van der Waals surface area contributed by atoms with E-state index in [1.54, 1.807) is 54.6 Å². The molecule has 0 spiro atoms. The third-order valence-electron chi connectivity index (χ3n) is 5.89. The molecule has 0 radical (unpaired) electrons. The van der Waals surface area contributed by atoms with Crippen LogP contribution in [0.3, 0.4) is 0 Å². The molecule has 4 rings (SSSR count). The second kappa shape index (κ2) is 12.3. The molecule has 10 heteroatoms. The topological polar surface area (TPSA) is 153 Å². The van der Waals surface area contributed by atoms with Crippen molar-refractivity contribution in [3.8, 4) is 11.5 Å². The Labute approximate surface area is 228 Å². The fourth-order valence-electron chi connectivity index (χ4n) is 3.94. The number of nitrogens with one attached hydrogen (secondary N) is 1. The molecule has 4 N–H and O–H groups in total. The van der Waals surface area contributed by atoms with Crippen LogP contribution in [-0.4, -0.2) is 39.3 Å². The van der Waals surface area contributed by atoms with Crippen molar-refractivity contribution in [1.82, 2.24) is 5.32 Å². The van der Waals surface area contributed by atoms with Gasteiger partial charge in [-0.2, -0.15) is 0 Å². The third kappa shape index (κ3) is 6.62. The van der Waals surface area contributed by atoms with E-state index in [0.29, 0.717) is 17.1 Å². The summed E-state index contributed by atoms with van der Waals surface area (Å²) in [5, 5.41) is 31.6. The lowest BCUT2D eigenvalue weighted by Crippen LogP contribution is -2.40. The van der Waals surface area contributed by atoms with E-state index in [2.05, 4.69) is 5.32 Å². The smallest absolute Gasteiger partial charge is 0.337 e. The lowest BCUT2D eigenvalue weighted by Gasteiger charge is -2.26. The fraction of sp³-hybridized carbons (Fsp3) is 0.0667. The summed E-state index contributed by atoms with van der Waals surface area (Å²) in [5.74, 6) is -3.44. The predicted molar refractivity (Wildman–Crippen MR) is 145 cm³/mol. The largest absolute Gasteiger partial charge is 0.478 e. The van der Waals surface area contributed by atoms with Gasteiger partial charge in [-0.15, -0.1) is 0 Å². The molecule has 2 amide bonds. The van der Waals surface area contributed by atoms with Crippen LogP contribution in [0.1, 0.15) is 42.2 Å². The van der Waals surface area contributed by atoms with E-state index in [4.69, 9.17) is 4.74 Å². The summed E-state index contributed by atoms with van der Waals surface area (Å²) in [6, 6.07) is 25.8. The zero-order valence-electron chi connectivity index (χ0n) is 21.0. The van der Waals surface area contributed by atoms with E-state index in [0.717, 1.165) is 22.6 Å². The highest BCUT2D eigenvalue weighted by atomic mass is 16.5. The molecule has 0 saturated carbocycles. The molecule has 0 aromatic heterocycles. The first kappa shape index (κ1) is 27.4. The van der Waals surface area contributed by atoms with Crippen LogP contribution in [0.5, 0.6) is 11.5 Å². The molecule has 4 aromatic carbocycles. The normalized spacial score (nSPS) is 10.4. The third-order valence-corrected chi connectivity index (χ3v) is 5.89. The van der Waals surface area contributed by atoms with Gasteiger partial charge in [0, 0.05) is 6.54 Å². The number of rotatable bonds is 10. The maximum Gasteiger partial charge on any atom is 0.337 e. The highest BCUT2D eigenvalue weighted by molar-refractivity contribution is 6.08. The number of nitrogens with zero attached hydrogens (tertiary/aromatic N) is 1. The Morgan fingerprint density at radius 2 is 1.15 bits per heavy atom. The van der Waals surface area contributed by atoms with Crippen LogP contribution in [0.15, 0.2) is 97.1 Å². The van der Waals surface area contributed by atoms with Gasteiger partial charge in [-0.05, 0) is 47.5 Å². The van der Waals surface area contributed by atoms with Crippen LogP contribution in [0.25, 0.3) is 0 Å². The van der Waals surface area contributed by atoms with E-state index in [1.165, 1.54) is 0 Å². The van der Waals surface area contributed by atoms with Crippen molar-refractivity contribution >= 4 is 29.6 Å². The Kier molecular flexibility index (Phi) is 8.40. The van der Waals surface area contributed by atoms with Crippen LogP contribution in [0, 0.1) is 0 Å². The maximum absolute atomic E-state index is 13.4. The van der Waals surface area contributed by atoms with Gasteiger partial charge >= 0.3 is 23.9 Å². The van der Waals surface area contributed by atoms with Crippen molar-refractivity contribution in [1.29, 1.82) is 0 Å². The van der Waals surface area contributed by atoms with Crippen molar-refractivity contribution in [3.05, 3.63) is 125 Å². The van der Waals surface area contributed by atoms with E-state index in [-0.39, 0.29) is 18.8 Å². The number of aromatic carboxylic acids is 3. The minimum atomic E-state index is -1.61. The molecule has 0 unspecified atom stereocenters. The SMILES string of the molecule is O=C(O)c1cc(C(=O)O)c(N(Cc2ccccc2)C(=O)NCc2ccc(Oc3ccccc3)cc2)cc1C(=O)O. The second-order valence-electron chi connectivity index (χ2n) is 8.62.